The Morgan fingerprint density at radius 2 is 1.75 bits per heavy atom. The third kappa shape index (κ3) is 3.54. The lowest BCUT2D eigenvalue weighted by Gasteiger charge is -2.38. The summed E-state index contributed by atoms with van der Waals surface area (Å²) in [5.74, 6) is -0.398. The van der Waals surface area contributed by atoms with Crippen LogP contribution in [0.25, 0.3) is 0 Å². The molecule has 3 atom stereocenters. The van der Waals surface area contributed by atoms with E-state index in [1.165, 1.54) is 5.56 Å². The van der Waals surface area contributed by atoms with Gasteiger partial charge in [-0.1, -0.05) is 48.0 Å². The minimum Gasteiger partial charge on any atom is -0.302 e. The summed E-state index contributed by atoms with van der Waals surface area (Å²) in [6.45, 7) is 3.61. The number of benzene rings is 2. The van der Waals surface area contributed by atoms with Crippen LogP contribution in [0.3, 0.4) is 0 Å². The van der Waals surface area contributed by atoms with Crippen molar-refractivity contribution >= 4 is 28.8 Å². The maximum absolute atomic E-state index is 13.7. The third-order valence-electron chi connectivity index (χ3n) is 6.52. The van der Waals surface area contributed by atoms with Gasteiger partial charge >= 0.3 is 0 Å². The molecule has 5 nitrogen and oxygen atoms in total. The smallest absolute Gasteiger partial charge is 0.224 e. The van der Waals surface area contributed by atoms with E-state index in [-0.39, 0.29) is 17.6 Å². The number of carbonyl (C=O) groups excluding carboxylic acids is 2. The summed E-state index contributed by atoms with van der Waals surface area (Å²) >= 11 is 0. The topological polar surface area (TPSA) is 62.6 Å². The average molecular weight is 424 g/mol. The fourth-order valence-electron chi connectivity index (χ4n) is 5.03. The lowest BCUT2D eigenvalue weighted by atomic mass is 9.72. The van der Waals surface area contributed by atoms with Gasteiger partial charge in [-0.15, -0.1) is 0 Å². The summed E-state index contributed by atoms with van der Waals surface area (Å²) in [6, 6.07) is 19.4. The van der Waals surface area contributed by atoms with Gasteiger partial charge in [-0.3, -0.25) is 19.6 Å². The van der Waals surface area contributed by atoms with Gasteiger partial charge in [-0.2, -0.15) is 0 Å². The van der Waals surface area contributed by atoms with Gasteiger partial charge in [0, 0.05) is 31.4 Å². The SMILES string of the molecule is CC(=O)N1c2ccccc2N=C2CC(c3ccc(C)cc3)CC(=O)C2C1c1cccnc1. The summed E-state index contributed by atoms with van der Waals surface area (Å²) in [5, 5.41) is 0. The van der Waals surface area contributed by atoms with E-state index in [4.69, 9.17) is 4.99 Å². The van der Waals surface area contributed by atoms with Gasteiger partial charge in [0.1, 0.15) is 5.78 Å². The monoisotopic (exact) mass is 423 g/mol. The number of fused-ring (bicyclic) bond motifs is 2. The number of hydrogen-bond acceptors (Lipinski definition) is 4. The largest absolute Gasteiger partial charge is 0.302 e. The third-order valence-corrected chi connectivity index (χ3v) is 6.52. The van der Waals surface area contributed by atoms with Crippen molar-refractivity contribution in [1.82, 2.24) is 4.98 Å². The van der Waals surface area contributed by atoms with Crippen molar-refractivity contribution in [3.8, 4) is 0 Å². The van der Waals surface area contributed by atoms with Gasteiger partial charge in [0.05, 0.1) is 23.3 Å². The minimum absolute atomic E-state index is 0.0867. The van der Waals surface area contributed by atoms with Crippen LogP contribution in [0.2, 0.25) is 0 Å². The van der Waals surface area contributed by atoms with Gasteiger partial charge in [0.2, 0.25) is 5.91 Å². The number of carbonyl (C=O) groups is 2. The first kappa shape index (κ1) is 20.3. The fraction of sp³-hybridized carbons (Fsp3) is 0.259. The normalized spacial score (nSPS) is 22.4. The first-order valence-corrected chi connectivity index (χ1v) is 11.0. The van der Waals surface area contributed by atoms with Crippen molar-refractivity contribution in [1.29, 1.82) is 0 Å². The predicted octanol–water partition coefficient (Wildman–Crippen LogP) is 5.33. The number of aryl methyl sites for hydroxylation is 1. The fourth-order valence-corrected chi connectivity index (χ4v) is 5.03. The van der Waals surface area contributed by atoms with Crippen LogP contribution in [0.1, 0.15) is 48.4 Å². The van der Waals surface area contributed by atoms with E-state index in [2.05, 4.69) is 36.2 Å². The van der Waals surface area contributed by atoms with E-state index in [1.807, 2.05) is 36.4 Å². The Kier molecular flexibility index (Phi) is 5.17. The van der Waals surface area contributed by atoms with Crippen molar-refractivity contribution in [2.75, 3.05) is 4.90 Å². The molecular weight excluding hydrogens is 398 g/mol. The molecule has 0 bridgehead atoms. The number of pyridine rings is 1. The van der Waals surface area contributed by atoms with Crippen LogP contribution < -0.4 is 4.90 Å². The quantitative estimate of drug-likeness (QED) is 0.559. The number of amides is 1. The van der Waals surface area contributed by atoms with Gasteiger partial charge in [-0.25, -0.2) is 0 Å². The van der Waals surface area contributed by atoms with Crippen molar-refractivity contribution in [2.24, 2.45) is 10.9 Å². The lowest BCUT2D eigenvalue weighted by molar-refractivity contribution is -0.123. The van der Waals surface area contributed by atoms with Crippen molar-refractivity contribution in [3.63, 3.8) is 0 Å². The van der Waals surface area contributed by atoms with E-state index in [9.17, 15) is 9.59 Å². The molecule has 3 unspecified atom stereocenters. The van der Waals surface area contributed by atoms with E-state index >= 15 is 0 Å². The number of anilines is 1. The van der Waals surface area contributed by atoms with Crippen LogP contribution in [0.4, 0.5) is 11.4 Å². The molecule has 160 valence electrons. The minimum atomic E-state index is -0.489. The van der Waals surface area contributed by atoms with Gasteiger partial charge in [0.25, 0.3) is 0 Å². The molecule has 2 aliphatic rings. The van der Waals surface area contributed by atoms with Gasteiger partial charge < -0.3 is 4.90 Å². The summed E-state index contributed by atoms with van der Waals surface area (Å²) in [4.78, 5) is 37.6. The van der Waals surface area contributed by atoms with E-state index < -0.39 is 12.0 Å². The highest BCUT2D eigenvalue weighted by molar-refractivity contribution is 6.13. The second-order valence-electron chi connectivity index (χ2n) is 8.67. The van der Waals surface area contributed by atoms with Gasteiger partial charge in [-0.05, 0) is 48.6 Å². The van der Waals surface area contributed by atoms with E-state index in [0.29, 0.717) is 12.8 Å². The molecule has 2 heterocycles. The van der Waals surface area contributed by atoms with E-state index in [1.54, 1.807) is 24.2 Å². The van der Waals surface area contributed by atoms with Crippen molar-refractivity contribution < 1.29 is 9.59 Å². The van der Waals surface area contributed by atoms with Gasteiger partial charge in [0.15, 0.2) is 0 Å². The summed E-state index contributed by atoms with van der Waals surface area (Å²) in [7, 11) is 0. The highest BCUT2D eigenvalue weighted by Crippen LogP contribution is 2.47. The molecule has 0 spiro atoms. The highest BCUT2D eigenvalue weighted by Gasteiger charge is 2.45. The Bertz CT molecular complexity index is 1200. The zero-order chi connectivity index (χ0) is 22.2. The summed E-state index contributed by atoms with van der Waals surface area (Å²) in [6.07, 6.45) is 4.59. The number of hydrogen-bond donors (Lipinski definition) is 0. The molecule has 3 aromatic rings. The molecule has 1 fully saturated rings. The van der Waals surface area contributed by atoms with Crippen LogP contribution in [0.15, 0.2) is 78.0 Å². The summed E-state index contributed by atoms with van der Waals surface area (Å²) < 4.78 is 0. The molecule has 1 aromatic heterocycles. The first-order valence-electron chi connectivity index (χ1n) is 11.0. The molecule has 1 amide bonds. The van der Waals surface area contributed by atoms with Crippen LogP contribution in [-0.2, 0) is 9.59 Å². The lowest BCUT2D eigenvalue weighted by Crippen LogP contribution is -2.45. The number of nitrogens with zero attached hydrogens (tertiary/aromatic N) is 3. The van der Waals surface area contributed by atoms with E-state index in [0.717, 1.165) is 28.2 Å². The maximum atomic E-state index is 13.7. The zero-order valence-corrected chi connectivity index (χ0v) is 18.2. The Labute approximate surface area is 187 Å². The zero-order valence-electron chi connectivity index (χ0n) is 18.2. The van der Waals surface area contributed by atoms with Crippen LogP contribution in [-0.4, -0.2) is 22.4 Å². The molecular formula is C27H25N3O2. The first-order chi connectivity index (χ1) is 15.5. The molecule has 0 radical (unpaired) electrons. The Morgan fingerprint density at radius 1 is 0.969 bits per heavy atom. The van der Waals surface area contributed by atoms with Crippen molar-refractivity contribution in [2.45, 2.75) is 38.6 Å². The standard InChI is InChI=1S/C27H25N3O2/c1-17-9-11-19(12-10-17)21-14-23-26(25(32)15-21)27(20-6-5-13-28-16-20)30(18(2)31)24-8-4-3-7-22(24)29-23/h3-13,16,21,26-27H,14-15H2,1-2H3. The molecule has 1 saturated carbocycles. The van der Waals surface area contributed by atoms with Crippen LogP contribution >= 0.6 is 0 Å². The molecule has 5 heteroatoms. The summed E-state index contributed by atoms with van der Waals surface area (Å²) in [5.41, 5.74) is 5.50. The second-order valence-corrected chi connectivity index (χ2v) is 8.67. The Morgan fingerprint density at radius 3 is 2.47 bits per heavy atom. The van der Waals surface area contributed by atoms with Crippen LogP contribution in [0, 0.1) is 12.8 Å². The maximum Gasteiger partial charge on any atom is 0.224 e. The molecule has 5 rings (SSSR count). The molecule has 2 aromatic carbocycles. The average Bonchev–Trinajstić information content (AvgIpc) is 2.94. The molecule has 1 aliphatic heterocycles. The number of rotatable bonds is 2. The number of Topliss-reactive ketones (excluding diaryl/α,β-unsaturated/α-hetero) is 1. The molecule has 0 N–H and O–H groups in total. The predicted molar refractivity (Wildman–Crippen MR) is 125 cm³/mol. The van der Waals surface area contributed by atoms with Crippen molar-refractivity contribution in [3.05, 3.63) is 89.7 Å². The Balaban J connectivity index is 1.66. The second kappa shape index (κ2) is 8.15. The number of aromatic nitrogens is 1. The molecule has 0 saturated heterocycles. The molecule has 1 aliphatic carbocycles. The highest BCUT2D eigenvalue weighted by atomic mass is 16.2. The van der Waals surface area contributed by atoms with Crippen LogP contribution in [0.5, 0.6) is 0 Å². The Hall–Kier alpha value is -3.60. The number of aliphatic imine (C=N–C) groups is 1. The number of para-hydroxylation sites is 2. The number of ketones is 1. The molecule has 32 heavy (non-hydrogen) atoms.